The normalized spacial score (nSPS) is 41.0. The van der Waals surface area contributed by atoms with Gasteiger partial charge in [0, 0.05) is 5.92 Å². The van der Waals surface area contributed by atoms with Crippen LogP contribution in [-0.4, -0.2) is 52.2 Å². The van der Waals surface area contributed by atoms with E-state index in [1.54, 1.807) is 26.8 Å². The van der Waals surface area contributed by atoms with E-state index in [1.807, 2.05) is 13.0 Å². The van der Waals surface area contributed by atoms with Crippen LogP contribution >= 0.6 is 0 Å². The van der Waals surface area contributed by atoms with Crippen molar-refractivity contribution in [1.82, 2.24) is 5.16 Å². The molecule has 2 saturated carbocycles. The fourth-order valence-electron chi connectivity index (χ4n) is 8.27. The zero-order valence-electron chi connectivity index (χ0n) is 23.5. The molecule has 0 aromatic carbocycles. The second kappa shape index (κ2) is 8.07. The number of ketones is 1. The number of rotatable bonds is 2. The molecule has 0 amide bonds. The van der Waals surface area contributed by atoms with E-state index in [0.29, 0.717) is 17.6 Å². The number of ether oxygens (including phenoxy) is 3. The van der Waals surface area contributed by atoms with Crippen LogP contribution in [0.3, 0.4) is 0 Å². The Bertz CT molecular complexity index is 1370. The molecule has 1 N–H and O–H groups in total. The molecule has 2 unspecified atom stereocenters. The molecule has 4 aliphatic carbocycles. The summed E-state index contributed by atoms with van der Waals surface area (Å²) in [6, 6.07) is 0. The Morgan fingerprint density at radius 3 is 2.52 bits per heavy atom. The van der Waals surface area contributed by atoms with E-state index < -0.39 is 58.4 Å². The second-order valence-corrected chi connectivity index (χ2v) is 13.2. The maximum Gasteiger partial charge on any atom is 0.453 e. The maximum atomic E-state index is 14.7. The molecular formula is C29H34F3NO7. The highest BCUT2D eigenvalue weighted by molar-refractivity contribution is 5.96. The Morgan fingerprint density at radius 2 is 1.88 bits per heavy atom. The number of halogens is 3. The summed E-state index contributed by atoms with van der Waals surface area (Å²) in [4.78, 5) is 28.1. The molecule has 6 rings (SSSR count). The monoisotopic (exact) mass is 565 g/mol. The third-order valence-electron chi connectivity index (χ3n) is 10.2. The van der Waals surface area contributed by atoms with Gasteiger partial charge < -0.3 is 23.8 Å². The number of aryl methyl sites for hydroxylation is 1. The first-order valence-corrected chi connectivity index (χ1v) is 13.6. The fourth-order valence-corrected chi connectivity index (χ4v) is 8.27. The van der Waals surface area contributed by atoms with Gasteiger partial charge >= 0.3 is 12.1 Å². The second-order valence-electron chi connectivity index (χ2n) is 13.2. The number of fused-ring (bicyclic) bond motifs is 5. The number of esters is 1. The lowest BCUT2D eigenvalue weighted by atomic mass is 9.59. The average molecular weight is 566 g/mol. The van der Waals surface area contributed by atoms with Gasteiger partial charge in [0.25, 0.3) is 5.76 Å². The van der Waals surface area contributed by atoms with Crippen LogP contribution < -0.4 is 0 Å². The number of hydrogen-bond acceptors (Lipinski definition) is 8. The molecule has 1 aromatic heterocycles. The van der Waals surface area contributed by atoms with Crippen molar-refractivity contribution in [2.75, 3.05) is 6.61 Å². The van der Waals surface area contributed by atoms with E-state index in [4.69, 9.17) is 14.2 Å². The summed E-state index contributed by atoms with van der Waals surface area (Å²) < 4.78 is 63.4. The molecular weight excluding hydrogens is 531 g/mol. The van der Waals surface area contributed by atoms with Gasteiger partial charge in [-0.15, -0.1) is 0 Å². The summed E-state index contributed by atoms with van der Waals surface area (Å²) in [6.07, 6.45) is -3.41. The number of nitrogens with zero attached hydrogens (tertiary/aromatic N) is 1. The number of allylic oxidation sites excluding steroid dienone is 1. The van der Waals surface area contributed by atoms with Gasteiger partial charge in [-0.25, -0.2) is 4.79 Å². The summed E-state index contributed by atoms with van der Waals surface area (Å²) in [7, 11) is 0. The van der Waals surface area contributed by atoms with Crippen molar-refractivity contribution in [1.29, 1.82) is 0 Å². The van der Waals surface area contributed by atoms with Crippen molar-refractivity contribution in [2.45, 2.75) is 84.7 Å². The first-order valence-electron chi connectivity index (χ1n) is 13.6. The van der Waals surface area contributed by atoms with E-state index in [0.717, 1.165) is 0 Å². The van der Waals surface area contributed by atoms with Crippen LogP contribution in [0.1, 0.15) is 69.8 Å². The molecule has 2 bridgehead atoms. The molecule has 5 aliphatic rings. The van der Waals surface area contributed by atoms with Gasteiger partial charge in [-0.1, -0.05) is 38.1 Å². The molecule has 3 fully saturated rings. The van der Waals surface area contributed by atoms with Gasteiger partial charge in [0.2, 0.25) is 0 Å². The highest BCUT2D eigenvalue weighted by Crippen LogP contribution is 2.72. The number of aliphatic hydroxyl groups is 1. The minimum Gasteiger partial charge on any atom is -0.451 e. The highest BCUT2D eigenvalue weighted by Gasteiger charge is 2.77. The van der Waals surface area contributed by atoms with E-state index in [2.05, 4.69) is 23.5 Å². The number of hydrogen-bond donors (Lipinski definition) is 1. The average Bonchev–Trinajstić information content (AvgIpc) is 3.10. The zero-order chi connectivity index (χ0) is 29.4. The Kier molecular flexibility index (Phi) is 5.58. The molecule has 1 saturated heterocycles. The van der Waals surface area contributed by atoms with Crippen LogP contribution in [0.15, 0.2) is 27.8 Å². The summed E-state index contributed by atoms with van der Waals surface area (Å²) >= 11 is 0. The van der Waals surface area contributed by atoms with Crippen LogP contribution in [0.25, 0.3) is 0 Å². The van der Waals surface area contributed by atoms with Crippen molar-refractivity contribution in [3.63, 3.8) is 0 Å². The third kappa shape index (κ3) is 3.40. The quantitative estimate of drug-likeness (QED) is 0.403. The van der Waals surface area contributed by atoms with Crippen molar-refractivity contribution in [2.24, 2.45) is 34.5 Å². The third-order valence-corrected chi connectivity index (χ3v) is 10.2. The van der Waals surface area contributed by atoms with E-state index >= 15 is 0 Å². The molecule has 2 heterocycles. The van der Waals surface area contributed by atoms with Gasteiger partial charge in [-0.05, 0) is 68.4 Å². The summed E-state index contributed by atoms with van der Waals surface area (Å²) in [6.45, 7) is 12.5. The smallest absolute Gasteiger partial charge is 0.451 e. The Balaban J connectivity index is 1.51. The molecule has 0 radical (unpaired) electrons. The van der Waals surface area contributed by atoms with E-state index in [1.165, 1.54) is 6.92 Å². The molecule has 218 valence electrons. The van der Waals surface area contributed by atoms with Crippen LogP contribution in [0.2, 0.25) is 0 Å². The van der Waals surface area contributed by atoms with Gasteiger partial charge in [0.15, 0.2) is 23.3 Å². The number of carbonyl (C=O) groups is 2. The number of carbonyl (C=O) groups excluding carboxylic acids is 2. The molecule has 8 nitrogen and oxygen atoms in total. The Labute approximate surface area is 229 Å². The highest BCUT2D eigenvalue weighted by atomic mass is 19.4. The SMILES string of the molecule is CC1=CC23C(=O)[C@@H](C=C4COC(C)(C)O[C@H]4[C@]2(O)[C@H]1OC(=O)c1c(C)noc1C(F)(F)F)[C@@H]1[C@@H](CC3C)C1(C)C. The minimum atomic E-state index is -4.99. The molecule has 40 heavy (non-hydrogen) atoms. The lowest BCUT2D eigenvalue weighted by Gasteiger charge is -2.52. The predicted octanol–water partition coefficient (Wildman–Crippen LogP) is 4.79. The van der Waals surface area contributed by atoms with Crippen molar-refractivity contribution in [3.8, 4) is 0 Å². The zero-order valence-corrected chi connectivity index (χ0v) is 23.5. The first-order chi connectivity index (χ1) is 18.4. The molecule has 1 spiro atoms. The van der Waals surface area contributed by atoms with Gasteiger partial charge in [0.05, 0.1) is 17.7 Å². The summed E-state index contributed by atoms with van der Waals surface area (Å²) in [5.74, 6) is -4.91. The van der Waals surface area contributed by atoms with Gasteiger partial charge in [0.1, 0.15) is 11.7 Å². The largest absolute Gasteiger partial charge is 0.453 e. The number of Topliss-reactive ketones (excluding diaryl/α,β-unsaturated/α-hetero) is 1. The number of aromatic nitrogens is 1. The molecule has 11 heteroatoms. The fraction of sp³-hybridized carbons (Fsp3) is 0.690. The summed E-state index contributed by atoms with van der Waals surface area (Å²) in [5, 5.41) is 16.3. The van der Waals surface area contributed by atoms with Crippen LogP contribution in [0.4, 0.5) is 13.2 Å². The van der Waals surface area contributed by atoms with E-state index in [-0.39, 0.29) is 41.3 Å². The van der Waals surface area contributed by atoms with Crippen LogP contribution in [0, 0.1) is 41.4 Å². The summed E-state index contributed by atoms with van der Waals surface area (Å²) in [5.41, 5.74) is -3.99. The maximum absolute atomic E-state index is 14.7. The first kappa shape index (κ1) is 27.7. The number of alkyl halides is 3. The minimum absolute atomic E-state index is 0.0524. The van der Waals surface area contributed by atoms with Crippen LogP contribution in [0.5, 0.6) is 0 Å². The molecule has 8 atom stereocenters. The lowest BCUT2D eigenvalue weighted by Crippen LogP contribution is -2.68. The van der Waals surface area contributed by atoms with Crippen molar-refractivity contribution >= 4 is 11.8 Å². The predicted molar refractivity (Wildman–Crippen MR) is 133 cm³/mol. The standard InChI is InChI=1S/C29H34F3NO7/c1-12-10-27-13(2)8-17-19(25(17,4)5)16(20(27)34)9-15-11-37-26(6,7)39-22(15)28(27,36)21(12)38-24(35)18-14(3)33-40-23(18)29(30,31)32/h9-10,13,16-17,19,21-22,36H,8,11H2,1-7H3/t13?,16-,17+,19+,21-,22+,27?,28+/m0/s1. The molecule has 1 aliphatic heterocycles. The Hall–Kier alpha value is -2.50. The molecule has 1 aromatic rings. The Morgan fingerprint density at radius 1 is 1.20 bits per heavy atom. The van der Waals surface area contributed by atoms with Crippen LogP contribution in [-0.2, 0) is 25.2 Å². The topological polar surface area (TPSA) is 108 Å². The van der Waals surface area contributed by atoms with Gasteiger partial charge in [-0.3, -0.25) is 4.79 Å². The van der Waals surface area contributed by atoms with Crippen molar-refractivity contribution in [3.05, 3.63) is 40.3 Å². The van der Waals surface area contributed by atoms with E-state index in [9.17, 15) is 27.9 Å². The lowest BCUT2D eigenvalue weighted by molar-refractivity contribution is -0.302. The van der Waals surface area contributed by atoms with Crippen molar-refractivity contribution < 1.29 is 46.6 Å². The van der Waals surface area contributed by atoms with Gasteiger partial charge in [-0.2, -0.15) is 13.2 Å².